The Morgan fingerprint density at radius 1 is 1.00 bits per heavy atom. The number of carbonyl (C=O) groups excluding carboxylic acids is 1. The first kappa shape index (κ1) is 26.4. The lowest BCUT2D eigenvalue weighted by molar-refractivity contribution is -0.124. The maximum Gasteiger partial charge on any atom is 0.348 e. The third-order valence-electron chi connectivity index (χ3n) is 8.75. The second-order valence-corrected chi connectivity index (χ2v) is 13.4. The van der Waals surface area contributed by atoms with Crippen LogP contribution in [0.25, 0.3) is 5.57 Å². The van der Waals surface area contributed by atoms with Crippen molar-refractivity contribution in [2.24, 2.45) is 23.2 Å². The number of aromatic carboxylic acids is 1. The van der Waals surface area contributed by atoms with Gasteiger partial charge >= 0.3 is 5.97 Å². The molecule has 194 valence electrons. The fourth-order valence-corrected chi connectivity index (χ4v) is 7.29. The minimum Gasteiger partial charge on any atom is -0.477 e. The number of carboxylic acids is 1. The van der Waals surface area contributed by atoms with Crippen LogP contribution in [-0.4, -0.2) is 34.2 Å². The van der Waals surface area contributed by atoms with E-state index >= 15 is 0 Å². The van der Waals surface area contributed by atoms with E-state index in [9.17, 15) is 19.8 Å². The van der Waals surface area contributed by atoms with E-state index in [0.29, 0.717) is 30.4 Å². The average Bonchev–Trinajstić information content (AvgIpc) is 3.26. The van der Waals surface area contributed by atoms with Crippen molar-refractivity contribution < 1.29 is 19.8 Å². The first-order valence-electron chi connectivity index (χ1n) is 13.6. The van der Waals surface area contributed by atoms with Crippen molar-refractivity contribution in [3.05, 3.63) is 21.9 Å². The van der Waals surface area contributed by atoms with Crippen LogP contribution in [0.2, 0.25) is 0 Å². The van der Waals surface area contributed by atoms with E-state index in [1.165, 1.54) is 16.9 Å². The molecule has 1 atom stereocenters. The van der Waals surface area contributed by atoms with Crippen molar-refractivity contribution in [1.29, 1.82) is 0 Å². The van der Waals surface area contributed by atoms with Gasteiger partial charge in [-0.15, -0.1) is 11.3 Å². The van der Waals surface area contributed by atoms with Crippen LogP contribution in [-0.2, 0) is 4.79 Å². The molecule has 2 fully saturated rings. The van der Waals surface area contributed by atoms with Gasteiger partial charge in [0.15, 0.2) is 0 Å². The van der Waals surface area contributed by atoms with Crippen molar-refractivity contribution >= 4 is 34.5 Å². The molecule has 1 aromatic rings. The third kappa shape index (κ3) is 6.02. The normalized spacial score (nSPS) is 30.0. The second kappa shape index (κ2) is 10.8. The van der Waals surface area contributed by atoms with Crippen molar-refractivity contribution in [2.75, 3.05) is 4.90 Å². The van der Waals surface area contributed by atoms with Gasteiger partial charge in [0.2, 0.25) is 5.91 Å². The smallest absolute Gasteiger partial charge is 0.348 e. The predicted octanol–water partition coefficient (Wildman–Crippen LogP) is 7.14. The lowest BCUT2D eigenvalue weighted by atomic mass is 9.73. The molecule has 6 heteroatoms. The SMILES string of the molecule is CC1CCC(C(=O)N(c2cc(C3=CCC(C(C)(C)C)CC3)sc2C(=O)O)C2CCC(O)CC2)CC1. The standard InChI is InChI=1S/C29H43NO4S/c1-18-5-7-20(8-6-18)27(32)30(22-13-15-23(31)16-14-22)24-17-25(35-26(24)28(33)34)19-9-11-21(12-10-19)29(2,3)4/h9,17-18,20-23,31H,5-8,10-16H2,1-4H3,(H,33,34). The lowest BCUT2D eigenvalue weighted by Crippen LogP contribution is -2.47. The van der Waals surface area contributed by atoms with E-state index < -0.39 is 5.97 Å². The monoisotopic (exact) mass is 501 g/mol. The first-order chi connectivity index (χ1) is 16.5. The largest absolute Gasteiger partial charge is 0.477 e. The topological polar surface area (TPSA) is 77.8 Å². The summed E-state index contributed by atoms with van der Waals surface area (Å²) in [6.45, 7) is 9.12. The van der Waals surface area contributed by atoms with Crippen LogP contribution in [0, 0.1) is 23.2 Å². The quantitative estimate of drug-likeness (QED) is 0.449. The summed E-state index contributed by atoms with van der Waals surface area (Å²) in [5.74, 6) is 0.381. The van der Waals surface area contributed by atoms with Gasteiger partial charge in [0.05, 0.1) is 11.8 Å². The number of thiophene rings is 1. The minimum absolute atomic E-state index is 0.0375. The van der Waals surface area contributed by atoms with Gasteiger partial charge in [0, 0.05) is 16.8 Å². The van der Waals surface area contributed by atoms with E-state index in [2.05, 4.69) is 33.8 Å². The molecule has 3 aliphatic carbocycles. The summed E-state index contributed by atoms with van der Waals surface area (Å²) in [5, 5.41) is 20.2. The number of aliphatic hydroxyl groups excluding tert-OH is 1. The molecule has 0 radical (unpaired) electrons. The second-order valence-electron chi connectivity index (χ2n) is 12.3. The molecule has 1 aromatic heterocycles. The summed E-state index contributed by atoms with van der Waals surface area (Å²) < 4.78 is 0. The number of nitrogens with zero attached hydrogens (tertiary/aromatic N) is 1. The van der Waals surface area contributed by atoms with E-state index in [-0.39, 0.29) is 34.3 Å². The Kier molecular flexibility index (Phi) is 8.12. The zero-order valence-electron chi connectivity index (χ0n) is 21.9. The van der Waals surface area contributed by atoms with Crippen LogP contribution in [0.5, 0.6) is 0 Å². The minimum atomic E-state index is -0.953. The Morgan fingerprint density at radius 3 is 2.20 bits per heavy atom. The van der Waals surface area contributed by atoms with Gasteiger partial charge in [-0.3, -0.25) is 4.79 Å². The molecular formula is C29H43NO4S. The van der Waals surface area contributed by atoms with Gasteiger partial charge in [-0.05, 0) is 99.5 Å². The number of amides is 1. The number of hydrogen-bond acceptors (Lipinski definition) is 4. The summed E-state index contributed by atoms with van der Waals surface area (Å²) in [4.78, 5) is 29.5. The molecule has 1 heterocycles. The summed E-state index contributed by atoms with van der Waals surface area (Å²) in [5.41, 5.74) is 2.07. The Balaban J connectivity index is 1.67. The fourth-order valence-electron chi connectivity index (χ4n) is 6.23. The summed E-state index contributed by atoms with van der Waals surface area (Å²) in [7, 11) is 0. The Hall–Kier alpha value is -1.66. The van der Waals surface area contributed by atoms with Gasteiger partial charge < -0.3 is 15.1 Å². The molecule has 5 nitrogen and oxygen atoms in total. The number of carboxylic acid groups (broad SMARTS) is 1. The highest BCUT2D eigenvalue weighted by atomic mass is 32.1. The van der Waals surface area contributed by atoms with Crippen molar-refractivity contribution in [1.82, 2.24) is 0 Å². The Bertz CT molecular complexity index is 942. The van der Waals surface area contributed by atoms with E-state index in [1.54, 1.807) is 0 Å². The highest BCUT2D eigenvalue weighted by Gasteiger charge is 2.38. The van der Waals surface area contributed by atoms with Crippen LogP contribution in [0.15, 0.2) is 12.1 Å². The van der Waals surface area contributed by atoms with Gasteiger partial charge in [0.1, 0.15) is 4.88 Å². The number of anilines is 1. The van der Waals surface area contributed by atoms with E-state index in [0.717, 1.165) is 62.7 Å². The van der Waals surface area contributed by atoms with Crippen LogP contribution in [0.3, 0.4) is 0 Å². The predicted molar refractivity (Wildman–Crippen MR) is 143 cm³/mol. The molecule has 0 bridgehead atoms. The van der Waals surface area contributed by atoms with Crippen LogP contribution in [0.4, 0.5) is 5.69 Å². The fraction of sp³-hybridized carbons (Fsp3) is 0.724. The molecule has 3 aliphatic rings. The molecule has 1 amide bonds. The maximum absolute atomic E-state index is 14.0. The van der Waals surface area contributed by atoms with Gasteiger partial charge in [0.25, 0.3) is 0 Å². The number of carbonyl (C=O) groups is 2. The zero-order chi connectivity index (χ0) is 25.3. The average molecular weight is 502 g/mol. The molecule has 35 heavy (non-hydrogen) atoms. The van der Waals surface area contributed by atoms with Gasteiger partial charge in [-0.25, -0.2) is 4.79 Å². The zero-order valence-corrected chi connectivity index (χ0v) is 22.7. The van der Waals surface area contributed by atoms with E-state index in [4.69, 9.17) is 0 Å². The molecular weight excluding hydrogens is 458 g/mol. The van der Waals surface area contributed by atoms with Crippen molar-refractivity contribution in [3.63, 3.8) is 0 Å². The molecule has 2 N–H and O–H groups in total. The summed E-state index contributed by atoms with van der Waals surface area (Å²) in [6, 6.07) is 1.95. The van der Waals surface area contributed by atoms with Crippen LogP contribution < -0.4 is 4.90 Å². The maximum atomic E-state index is 14.0. The van der Waals surface area contributed by atoms with E-state index in [1.807, 2.05) is 11.0 Å². The molecule has 4 rings (SSSR count). The molecule has 1 unspecified atom stereocenters. The third-order valence-corrected chi connectivity index (χ3v) is 9.94. The molecule has 0 aromatic carbocycles. The van der Waals surface area contributed by atoms with Crippen molar-refractivity contribution in [3.8, 4) is 0 Å². The number of rotatable bonds is 5. The van der Waals surface area contributed by atoms with Gasteiger partial charge in [-0.2, -0.15) is 0 Å². The molecule has 2 saturated carbocycles. The highest BCUT2D eigenvalue weighted by Crippen LogP contribution is 2.44. The summed E-state index contributed by atoms with van der Waals surface area (Å²) in [6.07, 6.45) is 11.7. The molecule has 0 spiro atoms. The summed E-state index contributed by atoms with van der Waals surface area (Å²) >= 11 is 1.33. The Morgan fingerprint density at radius 2 is 1.66 bits per heavy atom. The first-order valence-corrected chi connectivity index (χ1v) is 14.4. The molecule has 0 aliphatic heterocycles. The molecule has 0 saturated heterocycles. The van der Waals surface area contributed by atoms with Gasteiger partial charge in [-0.1, -0.05) is 33.8 Å². The van der Waals surface area contributed by atoms with Crippen LogP contribution >= 0.6 is 11.3 Å². The number of aliphatic hydroxyl groups is 1. The Labute approximate surface area is 214 Å². The number of allylic oxidation sites excluding steroid dienone is 2. The van der Waals surface area contributed by atoms with Crippen molar-refractivity contribution in [2.45, 2.75) is 110 Å². The number of hydrogen-bond donors (Lipinski definition) is 2. The lowest BCUT2D eigenvalue weighted by Gasteiger charge is -2.38. The highest BCUT2D eigenvalue weighted by molar-refractivity contribution is 7.15. The van der Waals surface area contributed by atoms with Crippen LogP contribution in [0.1, 0.15) is 113 Å².